The predicted octanol–water partition coefficient (Wildman–Crippen LogP) is 5.91. The van der Waals surface area contributed by atoms with Crippen molar-refractivity contribution < 1.29 is 23.9 Å². The average molecular weight is 519 g/mol. The summed E-state index contributed by atoms with van der Waals surface area (Å²) in [5.74, 6) is -0.783. The molecule has 37 heavy (non-hydrogen) atoms. The van der Waals surface area contributed by atoms with Gasteiger partial charge in [0.05, 0.1) is 17.3 Å². The molecule has 0 unspecified atom stereocenters. The van der Waals surface area contributed by atoms with Crippen LogP contribution in [0.5, 0.6) is 11.5 Å². The van der Waals surface area contributed by atoms with E-state index < -0.39 is 17.8 Å². The van der Waals surface area contributed by atoms with Crippen molar-refractivity contribution in [1.82, 2.24) is 5.32 Å². The molecule has 0 atom stereocenters. The Morgan fingerprint density at radius 2 is 1.65 bits per heavy atom. The summed E-state index contributed by atoms with van der Waals surface area (Å²) in [4.78, 5) is 39.2. The Morgan fingerprint density at radius 3 is 2.32 bits per heavy atom. The highest BCUT2D eigenvalue weighted by Crippen LogP contribution is 2.38. The number of rotatable bonds is 7. The number of hydrogen-bond acceptors (Lipinski definition) is 5. The molecule has 1 saturated heterocycles. The van der Waals surface area contributed by atoms with Crippen LogP contribution < -0.4 is 19.7 Å². The molecule has 8 heteroatoms. The summed E-state index contributed by atoms with van der Waals surface area (Å²) in [6, 6.07) is 15.5. The maximum absolute atomic E-state index is 13.2. The van der Waals surface area contributed by atoms with Crippen molar-refractivity contribution in [3.63, 3.8) is 0 Å². The quantitative estimate of drug-likeness (QED) is 0.310. The minimum Gasteiger partial charge on any atom is -0.490 e. The standard InChI is InChI=1S/C29H27ClN2O5/c1-5-36-25-15-20(14-24(30)26(25)37-16-21-10-18(3)9-19(4)11-21)13-23-27(33)31-29(35)32(28(23)34)22-8-6-7-17(2)12-22/h6-15H,5,16H2,1-4H3,(H,31,33,35)/b23-13+. The number of aryl methyl sites for hydroxylation is 3. The summed E-state index contributed by atoms with van der Waals surface area (Å²) in [5, 5.41) is 2.49. The fourth-order valence-corrected chi connectivity index (χ4v) is 4.48. The number of nitrogens with one attached hydrogen (secondary N) is 1. The number of barbiturate groups is 1. The molecule has 3 aromatic rings. The van der Waals surface area contributed by atoms with E-state index in [1.54, 1.807) is 30.3 Å². The van der Waals surface area contributed by atoms with Gasteiger partial charge in [0.1, 0.15) is 12.2 Å². The van der Waals surface area contributed by atoms with E-state index in [4.69, 9.17) is 21.1 Å². The third kappa shape index (κ3) is 5.84. The summed E-state index contributed by atoms with van der Waals surface area (Å²) in [5.41, 5.74) is 4.73. The number of amides is 4. The number of nitrogens with zero attached hydrogens (tertiary/aromatic N) is 1. The van der Waals surface area contributed by atoms with Crippen LogP contribution in [0.2, 0.25) is 5.02 Å². The van der Waals surface area contributed by atoms with Gasteiger partial charge in [0.2, 0.25) is 0 Å². The largest absolute Gasteiger partial charge is 0.490 e. The number of hydrogen-bond donors (Lipinski definition) is 1. The van der Waals surface area contributed by atoms with Crippen molar-refractivity contribution in [3.8, 4) is 11.5 Å². The number of halogens is 1. The molecule has 0 aliphatic carbocycles. The van der Waals surface area contributed by atoms with Gasteiger partial charge in [-0.25, -0.2) is 9.69 Å². The highest BCUT2D eigenvalue weighted by atomic mass is 35.5. The van der Waals surface area contributed by atoms with Gasteiger partial charge in [0.15, 0.2) is 11.5 Å². The second-order valence-electron chi connectivity index (χ2n) is 8.84. The zero-order valence-electron chi connectivity index (χ0n) is 21.1. The van der Waals surface area contributed by atoms with E-state index in [1.165, 1.54) is 6.08 Å². The number of carbonyl (C=O) groups is 3. The van der Waals surface area contributed by atoms with Crippen molar-refractivity contribution in [3.05, 3.63) is 93.0 Å². The van der Waals surface area contributed by atoms with E-state index in [-0.39, 0.29) is 17.2 Å². The molecule has 3 aromatic carbocycles. The molecule has 4 rings (SSSR count). The van der Waals surface area contributed by atoms with Gasteiger partial charge >= 0.3 is 6.03 Å². The summed E-state index contributed by atoms with van der Waals surface area (Å²) in [6.07, 6.45) is 1.38. The molecule has 1 N–H and O–H groups in total. The minimum absolute atomic E-state index is 0.205. The molecule has 0 bridgehead atoms. The van der Waals surface area contributed by atoms with E-state index in [0.29, 0.717) is 29.4 Å². The van der Waals surface area contributed by atoms with Crippen molar-refractivity contribution in [1.29, 1.82) is 0 Å². The number of ether oxygens (including phenoxy) is 2. The fraction of sp³-hybridized carbons (Fsp3) is 0.207. The first-order chi connectivity index (χ1) is 17.7. The molecule has 1 heterocycles. The molecule has 190 valence electrons. The van der Waals surface area contributed by atoms with Crippen LogP contribution in [0.4, 0.5) is 10.5 Å². The van der Waals surface area contributed by atoms with E-state index in [1.807, 2.05) is 45.9 Å². The fourth-order valence-electron chi connectivity index (χ4n) is 4.21. The lowest BCUT2D eigenvalue weighted by molar-refractivity contribution is -0.122. The number of urea groups is 1. The van der Waals surface area contributed by atoms with Gasteiger partial charge in [-0.15, -0.1) is 0 Å². The topological polar surface area (TPSA) is 84.9 Å². The first-order valence-corrected chi connectivity index (χ1v) is 12.2. The molecule has 4 amide bonds. The highest BCUT2D eigenvalue weighted by Gasteiger charge is 2.37. The molecule has 1 aliphatic rings. The molecular formula is C29H27ClN2O5. The Bertz CT molecular complexity index is 1410. The smallest absolute Gasteiger partial charge is 0.335 e. The monoisotopic (exact) mass is 518 g/mol. The zero-order chi connectivity index (χ0) is 26.7. The zero-order valence-corrected chi connectivity index (χ0v) is 21.8. The van der Waals surface area contributed by atoms with Gasteiger partial charge in [-0.2, -0.15) is 0 Å². The van der Waals surface area contributed by atoms with Crippen LogP contribution in [0, 0.1) is 20.8 Å². The molecular weight excluding hydrogens is 492 g/mol. The van der Waals surface area contributed by atoms with E-state index >= 15 is 0 Å². The van der Waals surface area contributed by atoms with Crippen LogP contribution in [0.1, 0.15) is 34.7 Å². The Balaban J connectivity index is 1.66. The molecule has 7 nitrogen and oxygen atoms in total. The Hall–Kier alpha value is -4.10. The maximum Gasteiger partial charge on any atom is 0.335 e. The number of anilines is 1. The third-order valence-corrected chi connectivity index (χ3v) is 5.95. The van der Waals surface area contributed by atoms with Gasteiger partial charge in [0, 0.05) is 0 Å². The minimum atomic E-state index is -0.805. The number of benzene rings is 3. The van der Waals surface area contributed by atoms with Gasteiger partial charge in [0.25, 0.3) is 11.8 Å². The van der Waals surface area contributed by atoms with Crippen LogP contribution in [-0.4, -0.2) is 24.5 Å². The van der Waals surface area contributed by atoms with Crippen LogP contribution in [-0.2, 0) is 16.2 Å². The highest BCUT2D eigenvalue weighted by molar-refractivity contribution is 6.39. The normalized spacial score (nSPS) is 14.7. The first kappa shape index (κ1) is 26.0. The Kier molecular flexibility index (Phi) is 7.64. The van der Waals surface area contributed by atoms with Crippen LogP contribution in [0.3, 0.4) is 0 Å². The Morgan fingerprint density at radius 1 is 0.919 bits per heavy atom. The number of imide groups is 2. The molecule has 0 aromatic heterocycles. The van der Waals surface area contributed by atoms with E-state index in [0.717, 1.165) is 27.2 Å². The molecule has 0 radical (unpaired) electrons. The van der Waals surface area contributed by atoms with Gasteiger partial charge in [-0.1, -0.05) is 53.1 Å². The SMILES string of the molecule is CCOc1cc(/C=C2\C(=O)NC(=O)N(c3cccc(C)c3)C2=O)cc(Cl)c1OCc1cc(C)cc(C)c1. The second-order valence-corrected chi connectivity index (χ2v) is 9.25. The lowest BCUT2D eigenvalue weighted by Crippen LogP contribution is -2.54. The second kappa shape index (κ2) is 10.9. The lowest BCUT2D eigenvalue weighted by atomic mass is 10.1. The van der Waals surface area contributed by atoms with Crippen molar-refractivity contribution >= 4 is 41.2 Å². The van der Waals surface area contributed by atoms with Crippen molar-refractivity contribution in [2.45, 2.75) is 34.3 Å². The van der Waals surface area contributed by atoms with Gasteiger partial charge in [-0.05, 0) is 74.7 Å². The first-order valence-electron chi connectivity index (χ1n) is 11.8. The molecule has 0 spiro atoms. The van der Waals surface area contributed by atoms with Crippen LogP contribution in [0.25, 0.3) is 6.08 Å². The van der Waals surface area contributed by atoms with Crippen molar-refractivity contribution in [2.75, 3.05) is 11.5 Å². The van der Waals surface area contributed by atoms with Crippen molar-refractivity contribution in [2.24, 2.45) is 0 Å². The Labute approximate surface area is 220 Å². The molecule has 0 saturated carbocycles. The lowest BCUT2D eigenvalue weighted by Gasteiger charge is -2.26. The summed E-state index contributed by atoms with van der Waals surface area (Å²) in [7, 11) is 0. The van der Waals surface area contributed by atoms with Gasteiger partial charge in [-0.3, -0.25) is 14.9 Å². The predicted molar refractivity (Wildman–Crippen MR) is 143 cm³/mol. The van der Waals surface area contributed by atoms with Crippen LogP contribution >= 0.6 is 11.6 Å². The molecule has 1 aliphatic heterocycles. The maximum atomic E-state index is 13.2. The summed E-state index contributed by atoms with van der Waals surface area (Å²) in [6.45, 7) is 8.36. The molecule has 1 fully saturated rings. The number of carbonyl (C=O) groups excluding carboxylic acids is 3. The average Bonchev–Trinajstić information content (AvgIpc) is 2.81. The summed E-state index contributed by atoms with van der Waals surface area (Å²) < 4.78 is 11.8. The summed E-state index contributed by atoms with van der Waals surface area (Å²) >= 11 is 6.57. The van der Waals surface area contributed by atoms with Gasteiger partial charge < -0.3 is 9.47 Å². The third-order valence-electron chi connectivity index (χ3n) is 5.67. The van der Waals surface area contributed by atoms with Crippen LogP contribution in [0.15, 0.2) is 60.2 Å². The van der Waals surface area contributed by atoms with E-state index in [9.17, 15) is 14.4 Å². The van der Waals surface area contributed by atoms with E-state index in [2.05, 4.69) is 11.4 Å².